The van der Waals surface area contributed by atoms with Crippen LogP contribution in [0.1, 0.15) is 67.7 Å². The van der Waals surface area contributed by atoms with Gasteiger partial charge in [-0.05, 0) is 25.2 Å². The Balaban J connectivity index is 0. The summed E-state index contributed by atoms with van der Waals surface area (Å²) in [5.41, 5.74) is 2.73. The summed E-state index contributed by atoms with van der Waals surface area (Å²) in [6.07, 6.45) is 5.44. The molecule has 0 amide bonds. The maximum Gasteiger partial charge on any atom is 0.0105 e. The van der Waals surface area contributed by atoms with Gasteiger partial charge in [0, 0.05) is 11.4 Å². The Bertz CT molecular complexity index is 206. The second-order valence-electron chi connectivity index (χ2n) is 5.03. The molecule has 0 rings (SSSR count). The fraction of sp³-hybridized carbons (Fsp3) is 0.733. The van der Waals surface area contributed by atoms with Gasteiger partial charge >= 0.3 is 0 Å². The highest BCUT2D eigenvalue weighted by atomic mass is 14.9. The number of rotatable bonds is 5. The van der Waals surface area contributed by atoms with Crippen LogP contribution in [0.25, 0.3) is 0 Å². The molecule has 1 N–H and O–H groups in total. The highest BCUT2D eigenvalue weighted by Crippen LogP contribution is 2.22. The van der Waals surface area contributed by atoms with E-state index in [1.807, 2.05) is 13.8 Å². The molecule has 1 heteroatoms. The second kappa shape index (κ2) is 9.50. The SMILES string of the molecule is C=C(CC(C)(C)C)N/C(=C\C)CCC.CC. The molecule has 0 spiro atoms. The van der Waals surface area contributed by atoms with Crippen LogP contribution in [0.3, 0.4) is 0 Å². The second-order valence-corrected chi connectivity index (χ2v) is 5.03. The maximum absolute atomic E-state index is 4.06. The topological polar surface area (TPSA) is 12.0 Å². The van der Waals surface area contributed by atoms with Crippen molar-refractivity contribution in [2.75, 3.05) is 0 Å². The molecule has 0 aromatic rings. The summed E-state index contributed by atoms with van der Waals surface area (Å²) in [5.74, 6) is 0. The van der Waals surface area contributed by atoms with E-state index in [0.717, 1.165) is 18.5 Å². The molecule has 0 aromatic carbocycles. The van der Waals surface area contributed by atoms with Gasteiger partial charge in [0.2, 0.25) is 0 Å². The third-order valence-corrected chi connectivity index (χ3v) is 1.95. The van der Waals surface area contributed by atoms with Gasteiger partial charge < -0.3 is 5.32 Å². The van der Waals surface area contributed by atoms with Crippen LogP contribution in [0.5, 0.6) is 0 Å². The lowest BCUT2D eigenvalue weighted by Crippen LogP contribution is -2.17. The van der Waals surface area contributed by atoms with Crippen LogP contribution in [0.2, 0.25) is 0 Å². The molecule has 0 aliphatic rings. The van der Waals surface area contributed by atoms with Crippen LogP contribution in [0, 0.1) is 5.41 Å². The van der Waals surface area contributed by atoms with Crippen molar-refractivity contribution < 1.29 is 0 Å². The molecule has 0 radical (unpaired) electrons. The largest absolute Gasteiger partial charge is 0.363 e. The Labute approximate surface area is 103 Å². The van der Waals surface area contributed by atoms with E-state index < -0.39 is 0 Å². The lowest BCUT2D eigenvalue weighted by Gasteiger charge is -2.21. The van der Waals surface area contributed by atoms with Gasteiger partial charge in [-0.2, -0.15) is 0 Å². The van der Waals surface area contributed by atoms with E-state index in [1.165, 1.54) is 12.1 Å². The summed E-state index contributed by atoms with van der Waals surface area (Å²) in [5, 5.41) is 3.39. The fourth-order valence-electron chi connectivity index (χ4n) is 1.46. The van der Waals surface area contributed by atoms with E-state index in [9.17, 15) is 0 Å². The van der Waals surface area contributed by atoms with Gasteiger partial charge in [0.25, 0.3) is 0 Å². The monoisotopic (exact) mass is 225 g/mol. The summed E-state index contributed by atoms with van der Waals surface area (Å²) in [4.78, 5) is 0. The third-order valence-electron chi connectivity index (χ3n) is 1.95. The van der Waals surface area contributed by atoms with Crippen LogP contribution in [0.15, 0.2) is 24.0 Å². The molecule has 0 saturated heterocycles. The highest BCUT2D eigenvalue weighted by molar-refractivity contribution is 5.08. The first kappa shape index (κ1) is 17.7. The van der Waals surface area contributed by atoms with Crippen LogP contribution < -0.4 is 5.32 Å². The average molecular weight is 225 g/mol. The molecular formula is C15H31N. The van der Waals surface area contributed by atoms with Gasteiger partial charge in [-0.15, -0.1) is 0 Å². The van der Waals surface area contributed by atoms with Crippen LogP contribution in [0.4, 0.5) is 0 Å². The minimum Gasteiger partial charge on any atom is -0.363 e. The quantitative estimate of drug-likeness (QED) is 0.673. The first-order valence-electron chi connectivity index (χ1n) is 6.49. The zero-order valence-corrected chi connectivity index (χ0v) is 12.4. The van der Waals surface area contributed by atoms with Crippen molar-refractivity contribution in [1.82, 2.24) is 5.32 Å². The molecule has 0 unspecified atom stereocenters. The first-order chi connectivity index (χ1) is 7.39. The molecule has 0 heterocycles. The van der Waals surface area contributed by atoms with Gasteiger partial charge in [-0.25, -0.2) is 0 Å². The molecule has 0 aliphatic heterocycles. The van der Waals surface area contributed by atoms with E-state index in [1.54, 1.807) is 0 Å². The zero-order valence-electron chi connectivity index (χ0n) is 12.4. The number of allylic oxidation sites excluding steroid dienone is 3. The van der Waals surface area contributed by atoms with Crippen LogP contribution in [-0.2, 0) is 0 Å². The zero-order chi connectivity index (χ0) is 13.2. The summed E-state index contributed by atoms with van der Waals surface area (Å²) < 4.78 is 0. The predicted octanol–water partition coefficient (Wildman–Crippen LogP) is 5.26. The van der Waals surface area contributed by atoms with Gasteiger partial charge in [-0.1, -0.05) is 60.6 Å². The molecule has 0 bridgehead atoms. The molecule has 16 heavy (non-hydrogen) atoms. The molecule has 0 aliphatic carbocycles. The molecule has 0 fully saturated rings. The van der Waals surface area contributed by atoms with Crippen molar-refractivity contribution in [1.29, 1.82) is 0 Å². The van der Waals surface area contributed by atoms with Crippen LogP contribution in [-0.4, -0.2) is 0 Å². The van der Waals surface area contributed by atoms with Gasteiger partial charge in [0.15, 0.2) is 0 Å². The highest BCUT2D eigenvalue weighted by Gasteiger charge is 2.12. The molecule has 0 aromatic heterocycles. The van der Waals surface area contributed by atoms with Gasteiger partial charge in [0.1, 0.15) is 0 Å². The van der Waals surface area contributed by atoms with Gasteiger partial charge in [0.05, 0.1) is 0 Å². The van der Waals surface area contributed by atoms with Crippen molar-refractivity contribution in [3.05, 3.63) is 24.0 Å². The Morgan fingerprint density at radius 1 is 1.25 bits per heavy atom. The average Bonchev–Trinajstić information content (AvgIpc) is 2.17. The summed E-state index contributed by atoms with van der Waals surface area (Å²) in [7, 11) is 0. The van der Waals surface area contributed by atoms with Crippen molar-refractivity contribution >= 4 is 0 Å². The molecule has 1 nitrogen and oxygen atoms in total. The number of hydrogen-bond donors (Lipinski definition) is 1. The number of nitrogens with one attached hydrogen (secondary N) is 1. The lowest BCUT2D eigenvalue weighted by molar-refractivity contribution is 0.401. The normalized spacial score (nSPS) is 11.6. The van der Waals surface area contributed by atoms with Gasteiger partial charge in [-0.3, -0.25) is 0 Å². The molecule has 0 atom stereocenters. The summed E-state index contributed by atoms with van der Waals surface area (Å²) in [6, 6.07) is 0. The van der Waals surface area contributed by atoms with E-state index >= 15 is 0 Å². The maximum atomic E-state index is 4.06. The Kier molecular flexibility index (Phi) is 10.5. The van der Waals surface area contributed by atoms with Crippen molar-refractivity contribution in [2.24, 2.45) is 5.41 Å². The third kappa shape index (κ3) is 11.4. The molecular weight excluding hydrogens is 194 g/mol. The van der Waals surface area contributed by atoms with E-state index in [2.05, 4.69) is 52.6 Å². The Morgan fingerprint density at radius 2 is 1.75 bits per heavy atom. The smallest absolute Gasteiger partial charge is 0.0105 e. The minimum atomic E-state index is 0.315. The van der Waals surface area contributed by atoms with E-state index in [0.29, 0.717) is 5.41 Å². The van der Waals surface area contributed by atoms with E-state index in [-0.39, 0.29) is 0 Å². The predicted molar refractivity (Wildman–Crippen MR) is 76.4 cm³/mol. The fourth-order valence-corrected chi connectivity index (χ4v) is 1.46. The number of hydrogen-bond acceptors (Lipinski definition) is 1. The summed E-state index contributed by atoms with van der Waals surface area (Å²) in [6.45, 7) is 19.0. The molecule has 0 saturated carbocycles. The van der Waals surface area contributed by atoms with Crippen molar-refractivity contribution in [2.45, 2.75) is 67.7 Å². The van der Waals surface area contributed by atoms with E-state index in [4.69, 9.17) is 0 Å². The lowest BCUT2D eigenvalue weighted by atomic mass is 9.91. The Morgan fingerprint density at radius 3 is 2.06 bits per heavy atom. The standard InChI is InChI=1S/C13H25N.C2H6/c1-7-9-12(8-2)14-11(3)10-13(4,5)6;1-2/h8,14H,3,7,9-10H2,1-2,4-6H3;1-2H3/b12-8-;. The van der Waals surface area contributed by atoms with Crippen molar-refractivity contribution in [3.8, 4) is 0 Å². The summed E-state index contributed by atoms with van der Waals surface area (Å²) >= 11 is 0. The Hall–Kier alpha value is -0.720. The minimum absolute atomic E-state index is 0.315. The molecule has 96 valence electrons. The van der Waals surface area contributed by atoms with Crippen LogP contribution >= 0.6 is 0 Å². The first-order valence-corrected chi connectivity index (χ1v) is 6.49. The van der Waals surface area contributed by atoms with Crippen molar-refractivity contribution in [3.63, 3.8) is 0 Å².